The number of likely N-dealkylation sites (N-methyl/N-ethyl adjacent to an activating group) is 1. The van der Waals surface area contributed by atoms with Crippen LogP contribution < -0.4 is 0 Å². The predicted octanol–water partition coefficient (Wildman–Crippen LogP) is 1.50. The molecule has 0 bridgehead atoms. The molecule has 0 aromatic carbocycles. The van der Waals surface area contributed by atoms with E-state index < -0.39 is 0 Å². The standard InChI is InChI=1S/C8H17NO2/c1-4-9(10,5-2)7-8-11-6-3/h6H,3-5,7-8H2,1-2H3. The van der Waals surface area contributed by atoms with Gasteiger partial charge in [0.1, 0.15) is 13.2 Å². The van der Waals surface area contributed by atoms with Crippen LogP contribution in [0.25, 0.3) is 0 Å². The first-order valence-electron chi connectivity index (χ1n) is 3.98. The van der Waals surface area contributed by atoms with Crippen molar-refractivity contribution in [1.82, 2.24) is 0 Å². The number of rotatable bonds is 6. The lowest BCUT2D eigenvalue weighted by molar-refractivity contribution is -0.877. The molecule has 0 amide bonds. The fourth-order valence-corrected chi connectivity index (χ4v) is 0.842. The molecule has 66 valence electrons. The topological polar surface area (TPSA) is 32.3 Å². The lowest BCUT2D eigenvalue weighted by Gasteiger charge is -2.40. The second-order valence-electron chi connectivity index (χ2n) is 2.45. The summed E-state index contributed by atoms with van der Waals surface area (Å²) < 4.78 is 4.71. The van der Waals surface area contributed by atoms with Gasteiger partial charge in [0.2, 0.25) is 0 Å². The Bertz CT molecular complexity index is 111. The molecule has 0 aromatic heterocycles. The largest absolute Gasteiger partial charge is 0.633 e. The van der Waals surface area contributed by atoms with Crippen LogP contribution in [0.1, 0.15) is 13.8 Å². The van der Waals surface area contributed by atoms with Gasteiger partial charge in [0.15, 0.2) is 0 Å². The highest BCUT2D eigenvalue weighted by atomic mass is 16.6. The van der Waals surface area contributed by atoms with Crippen LogP contribution in [0.3, 0.4) is 0 Å². The lowest BCUT2D eigenvalue weighted by atomic mass is 10.4. The molecule has 0 radical (unpaired) electrons. The van der Waals surface area contributed by atoms with Crippen molar-refractivity contribution in [2.24, 2.45) is 0 Å². The minimum Gasteiger partial charge on any atom is -0.633 e. The zero-order valence-electron chi connectivity index (χ0n) is 7.38. The Morgan fingerprint density at radius 3 is 2.36 bits per heavy atom. The van der Waals surface area contributed by atoms with E-state index in [1.165, 1.54) is 6.26 Å². The van der Waals surface area contributed by atoms with Crippen LogP contribution in [0, 0.1) is 5.21 Å². The summed E-state index contributed by atoms with van der Waals surface area (Å²) in [6.45, 7) is 9.38. The fourth-order valence-electron chi connectivity index (χ4n) is 0.842. The summed E-state index contributed by atoms with van der Waals surface area (Å²) in [5, 5.41) is 11.5. The van der Waals surface area contributed by atoms with Crippen LogP contribution in [-0.4, -0.2) is 30.9 Å². The fraction of sp³-hybridized carbons (Fsp3) is 0.750. The van der Waals surface area contributed by atoms with E-state index in [1.54, 1.807) is 0 Å². The predicted molar refractivity (Wildman–Crippen MR) is 45.7 cm³/mol. The molecule has 0 fully saturated rings. The Hall–Kier alpha value is -0.540. The van der Waals surface area contributed by atoms with Crippen LogP contribution in [0.2, 0.25) is 0 Å². The molecule has 0 spiro atoms. The molecule has 0 unspecified atom stereocenters. The van der Waals surface area contributed by atoms with Crippen molar-refractivity contribution in [3.8, 4) is 0 Å². The molecule has 0 saturated carbocycles. The highest BCUT2D eigenvalue weighted by molar-refractivity contribution is 4.49. The van der Waals surface area contributed by atoms with Gasteiger partial charge in [-0.25, -0.2) is 0 Å². The van der Waals surface area contributed by atoms with E-state index in [0.29, 0.717) is 26.2 Å². The second-order valence-corrected chi connectivity index (χ2v) is 2.45. The Morgan fingerprint density at radius 1 is 1.45 bits per heavy atom. The van der Waals surface area contributed by atoms with Crippen molar-refractivity contribution >= 4 is 0 Å². The van der Waals surface area contributed by atoms with Crippen molar-refractivity contribution in [1.29, 1.82) is 0 Å². The number of ether oxygens (including phenoxy) is 1. The van der Waals surface area contributed by atoms with Gasteiger partial charge in [0, 0.05) is 0 Å². The average molecular weight is 159 g/mol. The van der Waals surface area contributed by atoms with Gasteiger partial charge in [0.05, 0.1) is 19.4 Å². The van der Waals surface area contributed by atoms with Crippen molar-refractivity contribution in [2.45, 2.75) is 13.8 Å². The van der Waals surface area contributed by atoms with E-state index in [2.05, 4.69) is 6.58 Å². The molecule has 0 aromatic rings. The first-order valence-corrected chi connectivity index (χ1v) is 3.98. The van der Waals surface area contributed by atoms with Gasteiger partial charge in [-0.3, -0.25) is 0 Å². The summed E-state index contributed by atoms with van der Waals surface area (Å²) in [6, 6.07) is 0. The maximum Gasteiger partial charge on any atom is 0.136 e. The van der Waals surface area contributed by atoms with E-state index >= 15 is 0 Å². The average Bonchev–Trinajstić information content (AvgIpc) is 2.05. The van der Waals surface area contributed by atoms with Gasteiger partial charge in [-0.05, 0) is 13.8 Å². The lowest BCUT2D eigenvalue weighted by Crippen LogP contribution is -2.43. The van der Waals surface area contributed by atoms with Gasteiger partial charge in [-0.1, -0.05) is 6.58 Å². The first-order chi connectivity index (χ1) is 5.18. The van der Waals surface area contributed by atoms with Crippen LogP contribution in [0.5, 0.6) is 0 Å². The molecule has 0 aliphatic rings. The van der Waals surface area contributed by atoms with Gasteiger partial charge in [-0.15, -0.1) is 0 Å². The van der Waals surface area contributed by atoms with Crippen LogP contribution in [-0.2, 0) is 4.74 Å². The number of hydrogen-bond donors (Lipinski definition) is 0. The Kier molecular flexibility index (Phi) is 4.90. The van der Waals surface area contributed by atoms with Crippen molar-refractivity contribution in [3.05, 3.63) is 18.0 Å². The molecule has 0 atom stereocenters. The maximum atomic E-state index is 11.5. The van der Waals surface area contributed by atoms with Gasteiger partial charge >= 0.3 is 0 Å². The molecule has 3 nitrogen and oxygen atoms in total. The van der Waals surface area contributed by atoms with E-state index in [1.807, 2.05) is 13.8 Å². The van der Waals surface area contributed by atoms with Gasteiger partial charge < -0.3 is 14.6 Å². The normalized spacial score (nSPS) is 11.2. The van der Waals surface area contributed by atoms with E-state index in [-0.39, 0.29) is 4.65 Å². The summed E-state index contributed by atoms with van der Waals surface area (Å²) in [5.74, 6) is 0. The maximum absolute atomic E-state index is 11.5. The van der Waals surface area contributed by atoms with Crippen LogP contribution >= 0.6 is 0 Å². The summed E-state index contributed by atoms with van der Waals surface area (Å²) in [5.41, 5.74) is 0. The van der Waals surface area contributed by atoms with E-state index in [4.69, 9.17) is 4.74 Å². The summed E-state index contributed by atoms with van der Waals surface area (Å²) in [6.07, 6.45) is 1.37. The molecule has 0 aliphatic heterocycles. The number of hydrogen-bond acceptors (Lipinski definition) is 2. The SMILES string of the molecule is C=COCC[N+]([O-])(CC)CC. The van der Waals surface area contributed by atoms with Gasteiger partial charge in [-0.2, -0.15) is 0 Å². The van der Waals surface area contributed by atoms with Crippen molar-refractivity contribution in [2.75, 3.05) is 26.2 Å². The first kappa shape index (κ1) is 10.5. The van der Waals surface area contributed by atoms with Crippen molar-refractivity contribution < 1.29 is 9.38 Å². The summed E-state index contributed by atoms with van der Waals surface area (Å²) >= 11 is 0. The smallest absolute Gasteiger partial charge is 0.136 e. The quantitative estimate of drug-likeness (QED) is 0.254. The van der Waals surface area contributed by atoms with Crippen LogP contribution in [0.4, 0.5) is 0 Å². The number of hydroxylamine groups is 3. The second kappa shape index (κ2) is 5.16. The molecule has 11 heavy (non-hydrogen) atoms. The van der Waals surface area contributed by atoms with Crippen LogP contribution in [0.15, 0.2) is 12.8 Å². The van der Waals surface area contributed by atoms with E-state index in [0.717, 1.165) is 0 Å². The third kappa shape index (κ3) is 4.01. The summed E-state index contributed by atoms with van der Waals surface area (Å²) in [7, 11) is 0. The Balaban J connectivity index is 3.59. The molecule has 0 aliphatic carbocycles. The molecular formula is C8H17NO2. The monoisotopic (exact) mass is 159 g/mol. The third-order valence-electron chi connectivity index (χ3n) is 1.89. The Labute approximate surface area is 68.4 Å². The third-order valence-corrected chi connectivity index (χ3v) is 1.89. The zero-order chi connectivity index (χ0) is 8.74. The zero-order valence-corrected chi connectivity index (χ0v) is 7.38. The number of nitrogens with zero attached hydrogens (tertiary/aromatic N) is 1. The highest BCUT2D eigenvalue weighted by Gasteiger charge is 2.09. The van der Waals surface area contributed by atoms with Gasteiger partial charge in [0.25, 0.3) is 0 Å². The molecule has 0 heterocycles. The minimum absolute atomic E-state index is 0.173. The highest BCUT2D eigenvalue weighted by Crippen LogP contribution is 2.01. The van der Waals surface area contributed by atoms with E-state index in [9.17, 15) is 5.21 Å². The molecule has 3 heteroatoms. The molecule has 0 saturated heterocycles. The molecular weight excluding hydrogens is 142 g/mol. The number of quaternary nitrogens is 1. The summed E-state index contributed by atoms with van der Waals surface area (Å²) in [4.78, 5) is 0. The molecule has 0 rings (SSSR count). The Morgan fingerprint density at radius 2 is 2.00 bits per heavy atom. The van der Waals surface area contributed by atoms with Crippen molar-refractivity contribution in [3.63, 3.8) is 0 Å². The minimum atomic E-state index is -0.173. The molecule has 0 N–H and O–H groups in total.